The van der Waals surface area contributed by atoms with E-state index in [1.165, 1.54) is 0 Å². The van der Waals surface area contributed by atoms with Crippen LogP contribution in [0.4, 0.5) is 5.69 Å². The maximum atomic E-state index is 12.3. The summed E-state index contributed by atoms with van der Waals surface area (Å²) < 4.78 is 10.7. The fraction of sp³-hybridized carbons (Fsp3) is 0.278. The van der Waals surface area contributed by atoms with Crippen LogP contribution in [0, 0.1) is 0 Å². The molecule has 116 valence electrons. The zero-order valence-corrected chi connectivity index (χ0v) is 13.0. The fourth-order valence-electron chi connectivity index (χ4n) is 2.20. The second-order valence-electron chi connectivity index (χ2n) is 4.83. The minimum Gasteiger partial charge on any atom is -0.496 e. The third kappa shape index (κ3) is 4.33. The molecule has 2 aromatic carbocycles. The van der Waals surface area contributed by atoms with E-state index >= 15 is 0 Å². The Labute approximate surface area is 131 Å². The van der Waals surface area contributed by atoms with E-state index in [0.29, 0.717) is 13.2 Å². The summed E-state index contributed by atoms with van der Waals surface area (Å²) in [4.78, 5) is 12.3. The SMILES string of the molecule is CCOCc1ccccc1NC(=O)Cc1ccccc1OC. The molecular weight excluding hydrogens is 278 g/mol. The first-order valence-electron chi connectivity index (χ1n) is 7.32. The van der Waals surface area contributed by atoms with Gasteiger partial charge in [-0.25, -0.2) is 0 Å². The Bertz CT molecular complexity index is 625. The molecule has 2 rings (SSSR count). The lowest BCUT2D eigenvalue weighted by Gasteiger charge is -2.12. The molecule has 1 amide bonds. The van der Waals surface area contributed by atoms with Gasteiger partial charge in [-0.2, -0.15) is 0 Å². The number of para-hydroxylation sites is 2. The molecular formula is C18H21NO3. The second kappa shape index (κ2) is 8.20. The first kappa shape index (κ1) is 16.0. The molecule has 0 unspecified atom stereocenters. The lowest BCUT2D eigenvalue weighted by Crippen LogP contribution is -2.16. The zero-order chi connectivity index (χ0) is 15.8. The average molecular weight is 299 g/mol. The quantitative estimate of drug-likeness (QED) is 0.852. The number of hydrogen-bond acceptors (Lipinski definition) is 3. The van der Waals surface area contributed by atoms with Crippen molar-refractivity contribution in [2.45, 2.75) is 20.0 Å². The van der Waals surface area contributed by atoms with Crippen LogP contribution in [0.5, 0.6) is 5.75 Å². The number of nitrogens with one attached hydrogen (secondary N) is 1. The Morgan fingerprint density at radius 1 is 1.05 bits per heavy atom. The fourth-order valence-corrected chi connectivity index (χ4v) is 2.20. The maximum absolute atomic E-state index is 12.3. The van der Waals surface area contributed by atoms with Gasteiger partial charge in [-0.05, 0) is 19.1 Å². The Balaban J connectivity index is 2.06. The highest BCUT2D eigenvalue weighted by Crippen LogP contribution is 2.20. The Morgan fingerprint density at radius 3 is 2.45 bits per heavy atom. The lowest BCUT2D eigenvalue weighted by atomic mass is 10.1. The molecule has 0 heterocycles. The predicted octanol–water partition coefficient (Wildman–Crippen LogP) is 3.41. The van der Waals surface area contributed by atoms with Crippen LogP contribution in [-0.2, 0) is 22.6 Å². The third-order valence-electron chi connectivity index (χ3n) is 3.30. The van der Waals surface area contributed by atoms with Gasteiger partial charge >= 0.3 is 0 Å². The van der Waals surface area contributed by atoms with Gasteiger partial charge in [0.2, 0.25) is 5.91 Å². The number of amides is 1. The molecule has 0 aromatic heterocycles. The van der Waals surface area contributed by atoms with Gasteiger partial charge in [-0.3, -0.25) is 4.79 Å². The van der Waals surface area contributed by atoms with Gasteiger partial charge in [0.1, 0.15) is 5.75 Å². The first-order chi connectivity index (χ1) is 10.7. The lowest BCUT2D eigenvalue weighted by molar-refractivity contribution is -0.115. The van der Waals surface area contributed by atoms with Gasteiger partial charge in [-0.1, -0.05) is 36.4 Å². The number of benzene rings is 2. The number of ether oxygens (including phenoxy) is 2. The van der Waals surface area contributed by atoms with Crippen LogP contribution in [0.1, 0.15) is 18.1 Å². The van der Waals surface area contributed by atoms with Gasteiger partial charge in [0.25, 0.3) is 0 Å². The van der Waals surface area contributed by atoms with E-state index in [1.54, 1.807) is 7.11 Å². The van der Waals surface area contributed by atoms with Gasteiger partial charge in [0.15, 0.2) is 0 Å². The summed E-state index contributed by atoms with van der Waals surface area (Å²) in [6.45, 7) is 3.08. The predicted molar refractivity (Wildman–Crippen MR) is 87.1 cm³/mol. The van der Waals surface area contributed by atoms with Crippen molar-refractivity contribution in [3.63, 3.8) is 0 Å². The van der Waals surface area contributed by atoms with E-state index in [0.717, 1.165) is 22.6 Å². The maximum Gasteiger partial charge on any atom is 0.228 e. The van der Waals surface area contributed by atoms with Crippen molar-refractivity contribution < 1.29 is 14.3 Å². The van der Waals surface area contributed by atoms with E-state index < -0.39 is 0 Å². The molecule has 0 bridgehead atoms. The van der Waals surface area contributed by atoms with E-state index in [-0.39, 0.29) is 12.3 Å². The molecule has 2 aromatic rings. The van der Waals surface area contributed by atoms with Crippen molar-refractivity contribution >= 4 is 11.6 Å². The molecule has 22 heavy (non-hydrogen) atoms. The number of rotatable bonds is 7. The number of carbonyl (C=O) groups is 1. The highest BCUT2D eigenvalue weighted by Gasteiger charge is 2.10. The van der Waals surface area contributed by atoms with Crippen LogP contribution in [0.2, 0.25) is 0 Å². The topological polar surface area (TPSA) is 47.6 Å². The van der Waals surface area contributed by atoms with E-state index in [2.05, 4.69) is 5.32 Å². The Kier molecular flexibility index (Phi) is 5.98. The highest BCUT2D eigenvalue weighted by atomic mass is 16.5. The zero-order valence-electron chi connectivity index (χ0n) is 13.0. The smallest absolute Gasteiger partial charge is 0.228 e. The molecule has 4 heteroatoms. The van der Waals surface area contributed by atoms with Crippen molar-refractivity contribution in [2.24, 2.45) is 0 Å². The van der Waals surface area contributed by atoms with Crippen LogP contribution in [0.15, 0.2) is 48.5 Å². The van der Waals surface area contributed by atoms with Gasteiger partial charge in [0.05, 0.1) is 20.1 Å². The average Bonchev–Trinajstić information content (AvgIpc) is 2.54. The number of anilines is 1. The highest BCUT2D eigenvalue weighted by molar-refractivity contribution is 5.93. The number of hydrogen-bond donors (Lipinski definition) is 1. The van der Waals surface area contributed by atoms with E-state index in [9.17, 15) is 4.79 Å². The second-order valence-corrected chi connectivity index (χ2v) is 4.83. The van der Waals surface area contributed by atoms with Crippen molar-refractivity contribution in [1.29, 1.82) is 0 Å². The van der Waals surface area contributed by atoms with Crippen molar-refractivity contribution in [3.8, 4) is 5.75 Å². The van der Waals surface area contributed by atoms with Gasteiger partial charge in [0, 0.05) is 23.4 Å². The minimum atomic E-state index is -0.0755. The molecule has 0 atom stereocenters. The molecule has 0 saturated carbocycles. The summed E-state index contributed by atoms with van der Waals surface area (Å²) in [5, 5.41) is 2.94. The molecule has 0 aliphatic carbocycles. The molecule has 4 nitrogen and oxygen atoms in total. The first-order valence-corrected chi connectivity index (χ1v) is 7.32. The third-order valence-corrected chi connectivity index (χ3v) is 3.30. The monoisotopic (exact) mass is 299 g/mol. The van der Waals surface area contributed by atoms with Crippen LogP contribution in [-0.4, -0.2) is 19.6 Å². The van der Waals surface area contributed by atoms with Crippen LogP contribution >= 0.6 is 0 Å². The van der Waals surface area contributed by atoms with Crippen molar-refractivity contribution in [3.05, 3.63) is 59.7 Å². The molecule has 0 saturated heterocycles. The minimum absolute atomic E-state index is 0.0755. The Hall–Kier alpha value is -2.33. The standard InChI is InChI=1S/C18H21NO3/c1-3-22-13-15-9-4-6-10-16(15)19-18(20)12-14-8-5-7-11-17(14)21-2/h4-11H,3,12-13H2,1-2H3,(H,19,20). The molecule has 0 aliphatic rings. The normalized spacial score (nSPS) is 10.3. The molecule has 0 spiro atoms. The largest absolute Gasteiger partial charge is 0.496 e. The summed E-state index contributed by atoms with van der Waals surface area (Å²) in [5.41, 5.74) is 2.62. The molecule has 0 radical (unpaired) electrons. The van der Waals surface area contributed by atoms with E-state index in [1.807, 2.05) is 55.5 Å². The van der Waals surface area contributed by atoms with Crippen LogP contribution in [0.3, 0.4) is 0 Å². The Morgan fingerprint density at radius 2 is 1.73 bits per heavy atom. The van der Waals surface area contributed by atoms with Crippen molar-refractivity contribution in [2.75, 3.05) is 19.0 Å². The van der Waals surface area contributed by atoms with Gasteiger partial charge in [-0.15, -0.1) is 0 Å². The summed E-state index contributed by atoms with van der Waals surface area (Å²) in [5.74, 6) is 0.647. The number of methoxy groups -OCH3 is 1. The van der Waals surface area contributed by atoms with Gasteiger partial charge < -0.3 is 14.8 Å². The molecule has 0 fully saturated rings. The number of carbonyl (C=O) groups excluding carboxylic acids is 1. The molecule has 1 N–H and O–H groups in total. The summed E-state index contributed by atoms with van der Waals surface area (Å²) in [6, 6.07) is 15.2. The molecule has 0 aliphatic heterocycles. The summed E-state index contributed by atoms with van der Waals surface area (Å²) >= 11 is 0. The van der Waals surface area contributed by atoms with E-state index in [4.69, 9.17) is 9.47 Å². The van der Waals surface area contributed by atoms with Crippen molar-refractivity contribution in [1.82, 2.24) is 0 Å². The summed E-state index contributed by atoms with van der Waals surface area (Å²) in [7, 11) is 1.61. The van der Waals surface area contributed by atoms with Crippen LogP contribution in [0.25, 0.3) is 0 Å². The summed E-state index contributed by atoms with van der Waals surface area (Å²) in [6.07, 6.45) is 0.271. The van der Waals surface area contributed by atoms with Crippen LogP contribution < -0.4 is 10.1 Å².